The molecule has 0 fully saturated rings. The highest BCUT2D eigenvalue weighted by molar-refractivity contribution is 6.33. The van der Waals surface area contributed by atoms with Gasteiger partial charge in [-0.25, -0.2) is 4.99 Å². The number of amides is 2. The topological polar surface area (TPSA) is 73.8 Å². The summed E-state index contributed by atoms with van der Waals surface area (Å²) < 4.78 is 0. The Labute approximate surface area is 185 Å². The first-order chi connectivity index (χ1) is 15.0. The van der Waals surface area contributed by atoms with E-state index in [0.717, 1.165) is 16.8 Å². The SMILES string of the molecule is CN1C(=O)[C@H](NC(=O)CNc2ccccc2Cl)N=C(c2ccccc2)c2ccccc21. The quantitative estimate of drug-likeness (QED) is 0.645. The molecule has 1 aliphatic heterocycles. The molecule has 0 saturated heterocycles. The number of nitrogens with zero attached hydrogens (tertiary/aromatic N) is 2. The fraction of sp³-hybridized carbons (Fsp3) is 0.125. The van der Waals surface area contributed by atoms with Crippen LogP contribution in [0.1, 0.15) is 11.1 Å². The second-order valence-electron chi connectivity index (χ2n) is 7.06. The first kappa shape index (κ1) is 20.6. The third-order valence-corrected chi connectivity index (χ3v) is 5.33. The first-order valence-electron chi connectivity index (χ1n) is 9.82. The van der Waals surface area contributed by atoms with Gasteiger partial charge in [-0.3, -0.25) is 9.59 Å². The summed E-state index contributed by atoms with van der Waals surface area (Å²) in [6.45, 7) is -0.0413. The number of aliphatic imine (C=N–C) groups is 1. The first-order valence-corrected chi connectivity index (χ1v) is 10.2. The maximum Gasteiger partial charge on any atom is 0.272 e. The lowest BCUT2D eigenvalue weighted by molar-refractivity contribution is -0.126. The summed E-state index contributed by atoms with van der Waals surface area (Å²) in [6, 6.07) is 24.3. The molecule has 156 valence electrons. The number of benzene rings is 3. The second-order valence-corrected chi connectivity index (χ2v) is 7.47. The molecule has 0 bridgehead atoms. The maximum absolute atomic E-state index is 13.1. The summed E-state index contributed by atoms with van der Waals surface area (Å²) in [5.74, 6) is -0.682. The van der Waals surface area contributed by atoms with E-state index >= 15 is 0 Å². The highest BCUT2D eigenvalue weighted by Gasteiger charge is 2.30. The van der Waals surface area contributed by atoms with Crippen LogP contribution in [0.5, 0.6) is 0 Å². The number of hydrogen-bond donors (Lipinski definition) is 2. The van der Waals surface area contributed by atoms with Gasteiger partial charge in [0.05, 0.1) is 28.7 Å². The number of nitrogens with one attached hydrogen (secondary N) is 2. The number of anilines is 2. The lowest BCUT2D eigenvalue weighted by atomic mass is 10.0. The molecular formula is C24H21ClN4O2. The van der Waals surface area contributed by atoms with Gasteiger partial charge in [-0.05, 0) is 18.2 Å². The van der Waals surface area contributed by atoms with Crippen molar-refractivity contribution in [3.05, 3.63) is 95.0 Å². The van der Waals surface area contributed by atoms with Gasteiger partial charge < -0.3 is 15.5 Å². The summed E-state index contributed by atoms with van der Waals surface area (Å²) in [7, 11) is 1.69. The van der Waals surface area contributed by atoms with E-state index in [1.54, 1.807) is 19.2 Å². The highest BCUT2D eigenvalue weighted by Crippen LogP contribution is 2.27. The average molecular weight is 433 g/mol. The zero-order chi connectivity index (χ0) is 21.8. The lowest BCUT2D eigenvalue weighted by Gasteiger charge is -2.21. The van der Waals surface area contributed by atoms with Crippen LogP contribution in [0.25, 0.3) is 0 Å². The second kappa shape index (κ2) is 9.02. The summed E-state index contributed by atoms with van der Waals surface area (Å²) in [6.07, 6.45) is -1.05. The molecule has 2 N–H and O–H groups in total. The molecule has 0 unspecified atom stereocenters. The molecular weight excluding hydrogens is 412 g/mol. The standard InChI is InChI=1S/C24H21ClN4O2/c1-29-20-14-8-5-11-17(20)22(16-9-3-2-4-10-16)28-23(24(29)31)27-21(30)15-26-19-13-7-6-12-18(19)25/h2-14,23,26H,15H2,1H3,(H,27,30)/t23-/m1/s1. The Balaban J connectivity index is 1.62. The molecule has 3 aromatic carbocycles. The Morgan fingerprint density at radius 3 is 2.45 bits per heavy atom. The highest BCUT2D eigenvalue weighted by atomic mass is 35.5. The van der Waals surface area contributed by atoms with Crippen LogP contribution in [0.2, 0.25) is 5.02 Å². The zero-order valence-corrected chi connectivity index (χ0v) is 17.6. The molecule has 0 aliphatic carbocycles. The molecule has 3 aromatic rings. The lowest BCUT2D eigenvalue weighted by Crippen LogP contribution is -2.47. The maximum atomic E-state index is 13.1. The molecule has 1 atom stereocenters. The minimum atomic E-state index is -1.05. The van der Waals surface area contributed by atoms with E-state index in [1.807, 2.05) is 66.7 Å². The number of carbonyl (C=O) groups excluding carboxylic acids is 2. The number of para-hydroxylation sites is 2. The van der Waals surface area contributed by atoms with Crippen LogP contribution >= 0.6 is 11.6 Å². The normalized spacial score (nSPS) is 15.5. The molecule has 6 nitrogen and oxygen atoms in total. The Kier molecular flexibility index (Phi) is 6.00. The van der Waals surface area contributed by atoms with E-state index in [0.29, 0.717) is 16.4 Å². The van der Waals surface area contributed by atoms with Crippen molar-refractivity contribution in [1.29, 1.82) is 0 Å². The van der Waals surface area contributed by atoms with Crippen LogP contribution in [0.15, 0.2) is 83.9 Å². The summed E-state index contributed by atoms with van der Waals surface area (Å²) in [5, 5.41) is 6.24. The predicted molar refractivity (Wildman–Crippen MR) is 124 cm³/mol. The average Bonchev–Trinajstić information content (AvgIpc) is 2.90. The summed E-state index contributed by atoms with van der Waals surface area (Å²) in [5.41, 5.74) is 3.73. The zero-order valence-electron chi connectivity index (χ0n) is 16.9. The van der Waals surface area contributed by atoms with E-state index in [4.69, 9.17) is 11.6 Å². The van der Waals surface area contributed by atoms with Crippen molar-refractivity contribution >= 4 is 40.5 Å². The monoisotopic (exact) mass is 432 g/mol. The largest absolute Gasteiger partial charge is 0.375 e. The van der Waals surface area contributed by atoms with Gasteiger partial charge in [0.1, 0.15) is 0 Å². The number of rotatable bonds is 5. The minimum Gasteiger partial charge on any atom is -0.375 e. The number of benzodiazepines with no additional fused rings is 1. The van der Waals surface area contributed by atoms with Crippen LogP contribution in [0.4, 0.5) is 11.4 Å². The third-order valence-electron chi connectivity index (χ3n) is 5.00. The molecule has 1 aliphatic rings. The van der Waals surface area contributed by atoms with Gasteiger partial charge in [-0.15, -0.1) is 0 Å². The van der Waals surface area contributed by atoms with Crippen molar-refractivity contribution in [2.24, 2.45) is 4.99 Å². The Bertz CT molecular complexity index is 1150. The Hall–Kier alpha value is -3.64. The molecule has 0 radical (unpaired) electrons. The summed E-state index contributed by atoms with van der Waals surface area (Å²) in [4.78, 5) is 31.9. The van der Waals surface area contributed by atoms with Crippen LogP contribution in [0.3, 0.4) is 0 Å². The fourth-order valence-corrected chi connectivity index (χ4v) is 3.63. The van der Waals surface area contributed by atoms with Crippen molar-refractivity contribution < 1.29 is 9.59 Å². The minimum absolute atomic E-state index is 0.0413. The van der Waals surface area contributed by atoms with Gasteiger partial charge >= 0.3 is 0 Å². The molecule has 0 aromatic heterocycles. The van der Waals surface area contributed by atoms with Crippen molar-refractivity contribution in [3.63, 3.8) is 0 Å². The molecule has 2 amide bonds. The third kappa shape index (κ3) is 4.44. The van der Waals surface area contributed by atoms with Crippen molar-refractivity contribution in [2.75, 3.05) is 23.8 Å². The molecule has 0 saturated carbocycles. The number of fused-ring (bicyclic) bond motifs is 1. The van der Waals surface area contributed by atoms with Crippen LogP contribution in [0, 0.1) is 0 Å². The molecule has 1 heterocycles. The van der Waals surface area contributed by atoms with E-state index in [9.17, 15) is 9.59 Å². The van der Waals surface area contributed by atoms with Gasteiger partial charge in [0, 0.05) is 18.2 Å². The number of hydrogen-bond acceptors (Lipinski definition) is 4. The van der Waals surface area contributed by atoms with E-state index in [2.05, 4.69) is 15.6 Å². The van der Waals surface area contributed by atoms with Crippen molar-refractivity contribution in [3.8, 4) is 0 Å². The number of halogens is 1. The van der Waals surface area contributed by atoms with Crippen LogP contribution in [-0.2, 0) is 9.59 Å². The fourth-order valence-electron chi connectivity index (χ4n) is 3.43. The van der Waals surface area contributed by atoms with Crippen LogP contribution in [-0.4, -0.2) is 37.3 Å². The molecule has 7 heteroatoms. The van der Waals surface area contributed by atoms with Crippen molar-refractivity contribution in [1.82, 2.24) is 5.32 Å². The summed E-state index contributed by atoms with van der Waals surface area (Å²) >= 11 is 6.13. The smallest absolute Gasteiger partial charge is 0.272 e. The molecule has 31 heavy (non-hydrogen) atoms. The van der Waals surface area contributed by atoms with Gasteiger partial charge in [0.25, 0.3) is 5.91 Å². The van der Waals surface area contributed by atoms with Crippen LogP contribution < -0.4 is 15.5 Å². The predicted octanol–water partition coefficient (Wildman–Crippen LogP) is 3.71. The van der Waals surface area contributed by atoms with Crippen molar-refractivity contribution in [2.45, 2.75) is 6.17 Å². The molecule has 4 rings (SSSR count). The number of carbonyl (C=O) groups is 2. The number of likely N-dealkylation sites (N-methyl/N-ethyl adjacent to an activating group) is 1. The van der Waals surface area contributed by atoms with Gasteiger partial charge in [-0.2, -0.15) is 0 Å². The molecule has 0 spiro atoms. The Morgan fingerprint density at radius 1 is 1.00 bits per heavy atom. The van der Waals surface area contributed by atoms with Gasteiger partial charge in [0.2, 0.25) is 12.1 Å². The Morgan fingerprint density at radius 2 is 1.68 bits per heavy atom. The van der Waals surface area contributed by atoms with Gasteiger partial charge in [0.15, 0.2) is 0 Å². The van der Waals surface area contributed by atoms with Gasteiger partial charge in [-0.1, -0.05) is 72.3 Å². The van der Waals surface area contributed by atoms with E-state index in [-0.39, 0.29) is 18.4 Å². The van der Waals surface area contributed by atoms with E-state index < -0.39 is 6.17 Å². The van der Waals surface area contributed by atoms with E-state index in [1.165, 1.54) is 4.90 Å².